The Morgan fingerprint density at radius 1 is 1.12 bits per heavy atom. The minimum absolute atomic E-state index is 0.0200. The van der Waals surface area contributed by atoms with Crippen molar-refractivity contribution in [1.29, 1.82) is 5.26 Å². The van der Waals surface area contributed by atoms with Crippen LogP contribution in [-0.2, 0) is 22.4 Å². The maximum absolute atomic E-state index is 13.3. The van der Waals surface area contributed by atoms with E-state index >= 15 is 0 Å². The van der Waals surface area contributed by atoms with E-state index in [4.69, 9.17) is 4.74 Å². The highest BCUT2D eigenvalue weighted by molar-refractivity contribution is 5.87. The monoisotopic (exact) mass is 441 g/mol. The summed E-state index contributed by atoms with van der Waals surface area (Å²) in [6.07, 6.45) is 2.61. The van der Waals surface area contributed by atoms with Crippen LogP contribution in [0.4, 0.5) is 4.79 Å². The summed E-state index contributed by atoms with van der Waals surface area (Å²) >= 11 is 0. The molecular formula is C26H39N3O3. The first-order valence-electron chi connectivity index (χ1n) is 11.7. The zero-order valence-electron chi connectivity index (χ0n) is 20.6. The summed E-state index contributed by atoms with van der Waals surface area (Å²) in [5.41, 5.74) is 1.62. The molecule has 2 rings (SSSR count). The minimum Gasteiger partial charge on any atom is -0.444 e. The Hall–Kier alpha value is -2.55. The summed E-state index contributed by atoms with van der Waals surface area (Å²) in [5, 5.41) is 12.6. The van der Waals surface area contributed by atoms with Crippen molar-refractivity contribution in [2.45, 2.75) is 97.9 Å². The molecule has 4 atom stereocenters. The zero-order chi connectivity index (χ0) is 24.1. The van der Waals surface area contributed by atoms with Crippen LogP contribution in [0.3, 0.4) is 0 Å². The first-order valence-corrected chi connectivity index (χ1v) is 11.7. The van der Waals surface area contributed by atoms with Crippen molar-refractivity contribution >= 4 is 12.0 Å². The van der Waals surface area contributed by atoms with E-state index in [1.807, 2.05) is 46.8 Å². The largest absolute Gasteiger partial charge is 0.444 e. The van der Waals surface area contributed by atoms with Crippen LogP contribution in [0.15, 0.2) is 24.3 Å². The van der Waals surface area contributed by atoms with Gasteiger partial charge in [-0.25, -0.2) is 4.79 Å². The fourth-order valence-electron chi connectivity index (χ4n) is 4.25. The van der Waals surface area contributed by atoms with Crippen LogP contribution in [0.5, 0.6) is 0 Å². The van der Waals surface area contributed by atoms with Gasteiger partial charge in [0, 0.05) is 12.5 Å². The van der Waals surface area contributed by atoms with Gasteiger partial charge < -0.3 is 10.1 Å². The third kappa shape index (κ3) is 7.25. The van der Waals surface area contributed by atoms with Crippen molar-refractivity contribution < 1.29 is 14.3 Å². The minimum atomic E-state index is -0.664. The smallest absolute Gasteiger partial charge is 0.411 e. The fourth-order valence-corrected chi connectivity index (χ4v) is 4.25. The maximum Gasteiger partial charge on any atom is 0.411 e. The zero-order valence-corrected chi connectivity index (χ0v) is 20.6. The standard InChI is InChI=1S/C26H39N3O3/c1-17(2)14-20-10-12-21(13-11-20)15-22(16-27)28-24(30)23-18(3)8-9-19(4)29(23)25(31)32-26(5,6)7/h10-13,17-19,22-23H,8-9,14-15H2,1-7H3,(H,28,30)/t18-,19+,22+,23+/m1/s1. The third-order valence-electron chi connectivity index (χ3n) is 5.81. The predicted molar refractivity (Wildman–Crippen MR) is 126 cm³/mol. The molecule has 6 heteroatoms. The lowest BCUT2D eigenvalue weighted by molar-refractivity contribution is -0.131. The van der Waals surface area contributed by atoms with Crippen molar-refractivity contribution in [2.24, 2.45) is 11.8 Å². The van der Waals surface area contributed by atoms with Crippen molar-refractivity contribution in [2.75, 3.05) is 0 Å². The number of rotatable bonds is 6. The van der Waals surface area contributed by atoms with E-state index in [9.17, 15) is 14.9 Å². The topological polar surface area (TPSA) is 82.4 Å². The number of benzene rings is 1. The molecule has 0 saturated carbocycles. The van der Waals surface area contributed by atoms with E-state index < -0.39 is 23.8 Å². The molecule has 6 nitrogen and oxygen atoms in total. The van der Waals surface area contributed by atoms with Crippen LogP contribution in [0.1, 0.15) is 72.4 Å². The van der Waals surface area contributed by atoms with E-state index in [1.165, 1.54) is 5.56 Å². The number of amides is 2. The highest BCUT2D eigenvalue weighted by Crippen LogP contribution is 2.30. The Balaban J connectivity index is 2.12. The average molecular weight is 442 g/mol. The maximum atomic E-state index is 13.3. The summed E-state index contributed by atoms with van der Waals surface area (Å²) in [7, 11) is 0. The molecule has 1 aliphatic heterocycles. The molecule has 1 aliphatic rings. The third-order valence-corrected chi connectivity index (χ3v) is 5.81. The van der Waals surface area contributed by atoms with Gasteiger partial charge >= 0.3 is 6.09 Å². The Bertz CT molecular complexity index is 820. The van der Waals surface area contributed by atoms with Crippen molar-refractivity contribution in [3.63, 3.8) is 0 Å². The van der Waals surface area contributed by atoms with Crippen molar-refractivity contribution in [3.05, 3.63) is 35.4 Å². The number of hydrogen-bond acceptors (Lipinski definition) is 4. The van der Waals surface area contributed by atoms with E-state index in [-0.39, 0.29) is 17.9 Å². The summed E-state index contributed by atoms with van der Waals surface area (Å²) in [6, 6.07) is 8.99. The molecule has 1 aromatic carbocycles. The van der Waals surface area contributed by atoms with Crippen LogP contribution < -0.4 is 5.32 Å². The second-order valence-electron chi connectivity index (χ2n) is 10.5. The molecular weight excluding hydrogens is 402 g/mol. The van der Waals surface area contributed by atoms with Gasteiger partial charge in [-0.3, -0.25) is 9.69 Å². The number of hydrogen-bond donors (Lipinski definition) is 1. The lowest BCUT2D eigenvalue weighted by atomic mass is 9.86. The molecule has 2 amide bonds. The molecule has 32 heavy (non-hydrogen) atoms. The van der Waals surface area contributed by atoms with Crippen LogP contribution >= 0.6 is 0 Å². The number of piperidine rings is 1. The van der Waals surface area contributed by atoms with E-state index in [1.54, 1.807) is 4.90 Å². The van der Waals surface area contributed by atoms with Crippen LogP contribution in [0.25, 0.3) is 0 Å². The molecule has 0 aliphatic carbocycles. The molecule has 1 heterocycles. The number of nitrogens with one attached hydrogen (secondary N) is 1. The molecule has 0 spiro atoms. The molecule has 1 saturated heterocycles. The Morgan fingerprint density at radius 3 is 2.19 bits per heavy atom. The van der Waals surface area contributed by atoms with E-state index in [2.05, 4.69) is 37.4 Å². The van der Waals surface area contributed by atoms with E-state index in [0.29, 0.717) is 12.3 Å². The number of ether oxygens (including phenoxy) is 1. The van der Waals surface area contributed by atoms with Gasteiger partial charge in [0.25, 0.3) is 0 Å². The molecule has 1 N–H and O–H groups in total. The average Bonchev–Trinajstić information content (AvgIpc) is 2.68. The number of carbonyl (C=O) groups is 2. The summed E-state index contributed by atoms with van der Waals surface area (Å²) < 4.78 is 5.58. The summed E-state index contributed by atoms with van der Waals surface area (Å²) in [5.74, 6) is 0.269. The quantitative estimate of drug-likeness (QED) is 0.683. The molecule has 0 bridgehead atoms. The lowest BCUT2D eigenvalue weighted by Gasteiger charge is -2.43. The molecule has 1 fully saturated rings. The van der Waals surface area contributed by atoms with Crippen molar-refractivity contribution in [1.82, 2.24) is 10.2 Å². The number of likely N-dealkylation sites (tertiary alicyclic amines) is 1. The number of carbonyl (C=O) groups excluding carboxylic acids is 2. The van der Waals surface area contributed by atoms with Gasteiger partial charge in [-0.05, 0) is 69.9 Å². The van der Waals surface area contributed by atoms with Gasteiger partial charge in [-0.1, -0.05) is 45.0 Å². The van der Waals surface area contributed by atoms with Gasteiger partial charge in [-0.15, -0.1) is 0 Å². The molecule has 1 aromatic rings. The summed E-state index contributed by atoms with van der Waals surface area (Å²) in [6.45, 7) is 13.7. The van der Waals surface area contributed by atoms with Gasteiger partial charge in [0.1, 0.15) is 17.7 Å². The highest BCUT2D eigenvalue weighted by Gasteiger charge is 2.42. The normalized spacial score (nSPS) is 22.2. The molecule has 0 unspecified atom stereocenters. The number of nitriles is 1. The molecule has 176 valence electrons. The SMILES string of the molecule is CC(C)Cc1ccc(C[C@@H](C#N)NC(=O)[C@@H]2[C@H](C)CC[C@H](C)N2C(=O)OC(C)(C)C)cc1. The van der Waals surface area contributed by atoms with Gasteiger partial charge in [0.05, 0.1) is 6.07 Å². The van der Waals surface area contributed by atoms with Gasteiger partial charge in [-0.2, -0.15) is 5.26 Å². The first-order chi connectivity index (χ1) is 14.9. The van der Waals surface area contributed by atoms with Crippen LogP contribution in [0, 0.1) is 23.2 Å². The van der Waals surface area contributed by atoms with Gasteiger partial charge in [0.15, 0.2) is 0 Å². The van der Waals surface area contributed by atoms with Crippen LogP contribution in [-0.4, -0.2) is 40.6 Å². The molecule has 0 radical (unpaired) electrons. The lowest BCUT2D eigenvalue weighted by Crippen LogP contribution is -2.60. The Kier molecular flexibility index (Phi) is 8.72. The Morgan fingerprint density at radius 2 is 1.69 bits per heavy atom. The van der Waals surface area contributed by atoms with E-state index in [0.717, 1.165) is 24.8 Å². The predicted octanol–water partition coefficient (Wildman–Crippen LogP) is 4.86. The summed E-state index contributed by atoms with van der Waals surface area (Å²) in [4.78, 5) is 27.7. The molecule has 0 aromatic heterocycles. The second-order valence-corrected chi connectivity index (χ2v) is 10.5. The van der Waals surface area contributed by atoms with Gasteiger partial charge in [0.2, 0.25) is 5.91 Å². The van der Waals surface area contributed by atoms with Crippen molar-refractivity contribution in [3.8, 4) is 6.07 Å². The number of nitrogens with zero attached hydrogens (tertiary/aromatic N) is 2. The Labute approximate surface area is 193 Å². The fraction of sp³-hybridized carbons (Fsp3) is 0.654. The second kappa shape index (κ2) is 10.8. The highest BCUT2D eigenvalue weighted by atomic mass is 16.6. The van der Waals surface area contributed by atoms with Crippen LogP contribution in [0.2, 0.25) is 0 Å². The first kappa shape index (κ1) is 25.7.